The van der Waals surface area contributed by atoms with Crippen molar-refractivity contribution >= 4 is 40.5 Å². The number of hydrogen-bond acceptors (Lipinski definition) is 3. The highest BCUT2D eigenvalue weighted by Crippen LogP contribution is 2.30. The summed E-state index contributed by atoms with van der Waals surface area (Å²) in [5.74, 6) is 0.880. The third kappa shape index (κ3) is 5.19. The number of benzene rings is 2. The Bertz CT molecular complexity index is 845. The van der Waals surface area contributed by atoms with Gasteiger partial charge in [-0.3, -0.25) is 9.69 Å². The van der Waals surface area contributed by atoms with Gasteiger partial charge < -0.3 is 10.2 Å². The zero-order valence-corrected chi connectivity index (χ0v) is 17.3. The van der Waals surface area contributed by atoms with Crippen molar-refractivity contribution in [1.29, 1.82) is 0 Å². The van der Waals surface area contributed by atoms with E-state index in [1.165, 1.54) is 25.1 Å². The summed E-state index contributed by atoms with van der Waals surface area (Å²) in [6.07, 6.45) is 3.08. The van der Waals surface area contributed by atoms with Crippen molar-refractivity contribution < 1.29 is 4.79 Å². The number of halogens is 2. The summed E-state index contributed by atoms with van der Waals surface area (Å²) in [4.78, 5) is 17.4. The van der Waals surface area contributed by atoms with Crippen LogP contribution in [0.2, 0.25) is 10.0 Å². The van der Waals surface area contributed by atoms with Gasteiger partial charge in [0.25, 0.3) is 0 Å². The molecule has 2 aromatic carbocycles. The number of carbonyl (C=O) groups excluding carboxylic acids is 1. The van der Waals surface area contributed by atoms with Crippen LogP contribution in [0.4, 0.5) is 11.4 Å². The van der Waals surface area contributed by atoms with Crippen LogP contribution in [0.15, 0.2) is 42.5 Å². The maximum Gasteiger partial charge on any atom is 0.228 e. The molecule has 0 spiro atoms. The van der Waals surface area contributed by atoms with Crippen molar-refractivity contribution in [2.24, 2.45) is 5.92 Å². The van der Waals surface area contributed by atoms with Crippen LogP contribution in [0, 0.1) is 5.92 Å². The zero-order chi connectivity index (χ0) is 19.5. The monoisotopic (exact) mass is 417 g/mol. The molecule has 0 atom stereocenters. The molecule has 4 rings (SSSR count). The number of nitrogens with zero attached hydrogens (tertiary/aromatic N) is 2. The van der Waals surface area contributed by atoms with Gasteiger partial charge in [-0.1, -0.05) is 35.3 Å². The highest BCUT2D eigenvalue weighted by atomic mass is 35.5. The van der Waals surface area contributed by atoms with E-state index in [2.05, 4.69) is 27.2 Å². The number of hydrogen-bond donors (Lipinski definition) is 1. The van der Waals surface area contributed by atoms with Gasteiger partial charge in [0.05, 0.1) is 16.5 Å². The van der Waals surface area contributed by atoms with Crippen molar-refractivity contribution in [3.8, 4) is 0 Å². The Hall–Kier alpha value is -1.75. The summed E-state index contributed by atoms with van der Waals surface area (Å²) in [5.41, 5.74) is 2.83. The number of piperazine rings is 1. The van der Waals surface area contributed by atoms with Crippen molar-refractivity contribution in [3.63, 3.8) is 0 Å². The van der Waals surface area contributed by atoms with Crippen LogP contribution in [-0.2, 0) is 11.2 Å². The third-order valence-corrected chi connectivity index (χ3v) is 6.17. The molecule has 1 saturated carbocycles. The van der Waals surface area contributed by atoms with Crippen LogP contribution < -0.4 is 10.2 Å². The topological polar surface area (TPSA) is 35.6 Å². The van der Waals surface area contributed by atoms with Gasteiger partial charge in [0, 0.05) is 44.1 Å². The molecule has 2 aliphatic rings. The summed E-state index contributed by atoms with van der Waals surface area (Å²) in [6, 6.07) is 13.4. The Kier molecular flexibility index (Phi) is 6.10. The maximum atomic E-state index is 12.4. The predicted molar refractivity (Wildman–Crippen MR) is 117 cm³/mol. The van der Waals surface area contributed by atoms with Crippen molar-refractivity contribution in [3.05, 3.63) is 58.1 Å². The standard InChI is InChI=1S/C22H25Cl2N3O/c23-20-7-6-17(12-21(20)24)13-22(28)25-18-2-1-3-19(14-18)27-10-8-26(9-11-27)15-16-4-5-16/h1-3,6-7,12,14,16H,4-5,8-11,13,15H2,(H,25,28). The molecule has 1 heterocycles. The molecule has 1 aliphatic heterocycles. The Morgan fingerprint density at radius 3 is 2.50 bits per heavy atom. The molecule has 0 bridgehead atoms. The minimum atomic E-state index is -0.0650. The van der Waals surface area contributed by atoms with E-state index in [0.717, 1.165) is 43.3 Å². The lowest BCUT2D eigenvalue weighted by molar-refractivity contribution is -0.115. The van der Waals surface area contributed by atoms with Gasteiger partial charge in [0.2, 0.25) is 5.91 Å². The van der Waals surface area contributed by atoms with E-state index in [9.17, 15) is 4.79 Å². The van der Waals surface area contributed by atoms with E-state index < -0.39 is 0 Å². The van der Waals surface area contributed by atoms with Crippen molar-refractivity contribution in [2.75, 3.05) is 42.9 Å². The fourth-order valence-electron chi connectivity index (χ4n) is 3.67. The molecule has 0 radical (unpaired) electrons. The van der Waals surface area contributed by atoms with Crippen LogP contribution in [-0.4, -0.2) is 43.5 Å². The summed E-state index contributed by atoms with van der Waals surface area (Å²) in [7, 11) is 0. The second kappa shape index (κ2) is 8.73. The first-order valence-corrected chi connectivity index (χ1v) is 10.6. The molecule has 1 aliphatic carbocycles. The Morgan fingerprint density at radius 1 is 1.00 bits per heavy atom. The summed E-state index contributed by atoms with van der Waals surface area (Å²) in [5, 5.41) is 3.96. The zero-order valence-electron chi connectivity index (χ0n) is 15.8. The first-order chi connectivity index (χ1) is 13.6. The van der Waals surface area contributed by atoms with Crippen LogP contribution in [0.5, 0.6) is 0 Å². The van der Waals surface area contributed by atoms with Gasteiger partial charge in [0.1, 0.15) is 0 Å². The van der Waals surface area contributed by atoms with Crippen LogP contribution in [0.3, 0.4) is 0 Å². The summed E-state index contributed by atoms with van der Waals surface area (Å²) >= 11 is 12.0. The largest absolute Gasteiger partial charge is 0.369 e. The lowest BCUT2D eigenvalue weighted by Gasteiger charge is -2.36. The van der Waals surface area contributed by atoms with E-state index in [1.807, 2.05) is 18.2 Å². The maximum absolute atomic E-state index is 12.4. The fourth-order valence-corrected chi connectivity index (χ4v) is 4.00. The molecule has 0 aromatic heterocycles. The van der Waals surface area contributed by atoms with E-state index >= 15 is 0 Å². The fraction of sp³-hybridized carbons (Fsp3) is 0.409. The molecule has 6 heteroatoms. The SMILES string of the molecule is O=C(Cc1ccc(Cl)c(Cl)c1)Nc1cccc(N2CCN(CC3CC3)CC2)c1. The molecule has 1 N–H and O–H groups in total. The minimum absolute atomic E-state index is 0.0650. The molecular weight excluding hydrogens is 393 g/mol. The average Bonchev–Trinajstić information content (AvgIpc) is 3.49. The molecular formula is C22H25Cl2N3O. The molecule has 1 amide bonds. The van der Waals surface area contributed by atoms with E-state index in [1.54, 1.807) is 12.1 Å². The number of rotatable bonds is 6. The summed E-state index contributed by atoms with van der Waals surface area (Å²) < 4.78 is 0. The van der Waals surface area contributed by atoms with Crippen LogP contribution in [0.1, 0.15) is 18.4 Å². The lowest BCUT2D eigenvalue weighted by Crippen LogP contribution is -2.47. The number of anilines is 2. The molecule has 2 fully saturated rings. The third-order valence-electron chi connectivity index (χ3n) is 5.43. The van der Waals surface area contributed by atoms with Gasteiger partial charge in [-0.25, -0.2) is 0 Å². The van der Waals surface area contributed by atoms with Gasteiger partial charge in [-0.2, -0.15) is 0 Å². The van der Waals surface area contributed by atoms with Crippen LogP contribution >= 0.6 is 23.2 Å². The molecule has 2 aromatic rings. The van der Waals surface area contributed by atoms with Crippen molar-refractivity contribution in [2.45, 2.75) is 19.3 Å². The van der Waals surface area contributed by atoms with Crippen molar-refractivity contribution in [1.82, 2.24) is 4.90 Å². The minimum Gasteiger partial charge on any atom is -0.369 e. The number of amides is 1. The Morgan fingerprint density at radius 2 is 1.79 bits per heavy atom. The van der Waals surface area contributed by atoms with Gasteiger partial charge in [-0.15, -0.1) is 0 Å². The van der Waals surface area contributed by atoms with Gasteiger partial charge >= 0.3 is 0 Å². The Balaban J connectivity index is 1.33. The second-order valence-corrected chi connectivity index (χ2v) is 8.57. The predicted octanol–water partition coefficient (Wildman–Crippen LogP) is 4.71. The first-order valence-electron chi connectivity index (χ1n) is 9.88. The van der Waals surface area contributed by atoms with Crippen LogP contribution in [0.25, 0.3) is 0 Å². The second-order valence-electron chi connectivity index (χ2n) is 7.75. The number of carbonyl (C=O) groups is 1. The van der Waals surface area contributed by atoms with E-state index in [0.29, 0.717) is 10.0 Å². The first kappa shape index (κ1) is 19.6. The highest BCUT2D eigenvalue weighted by Gasteiger charge is 2.26. The smallest absolute Gasteiger partial charge is 0.228 e. The molecule has 148 valence electrons. The van der Waals surface area contributed by atoms with Gasteiger partial charge in [0.15, 0.2) is 0 Å². The van der Waals surface area contributed by atoms with Gasteiger partial charge in [-0.05, 0) is 54.7 Å². The molecule has 4 nitrogen and oxygen atoms in total. The molecule has 28 heavy (non-hydrogen) atoms. The Labute approximate surface area is 176 Å². The quantitative estimate of drug-likeness (QED) is 0.738. The molecule has 0 unspecified atom stereocenters. The van der Waals surface area contributed by atoms with E-state index in [4.69, 9.17) is 23.2 Å². The molecule has 1 saturated heterocycles. The number of nitrogens with one attached hydrogen (secondary N) is 1. The average molecular weight is 418 g/mol. The summed E-state index contributed by atoms with van der Waals surface area (Å²) in [6.45, 7) is 5.56. The highest BCUT2D eigenvalue weighted by molar-refractivity contribution is 6.42. The normalized spacial score (nSPS) is 17.6. The lowest BCUT2D eigenvalue weighted by atomic mass is 10.1. The van der Waals surface area contributed by atoms with E-state index in [-0.39, 0.29) is 12.3 Å².